The summed E-state index contributed by atoms with van der Waals surface area (Å²) in [6.45, 7) is 1.76. The van der Waals surface area contributed by atoms with Gasteiger partial charge in [-0.3, -0.25) is 9.59 Å². The Bertz CT molecular complexity index is 722. The summed E-state index contributed by atoms with van der Waals surface area (Å²) < 4.78 is 17.2. The molecule has 1 aliphatic heterocycles. The number of methoxy groups -OCH3 is 1. The molecule has 1 atom stereocenters. The van der Waals surface area contributed by atoms with Gasteiger partial charge in [0.1, 0.15) is 11.6 Å². The Morgan fingerprint density at radius 3 is 2.24 bits per heavy atom. The fourth-order valence-corrected chi connectivity index (χ4v) is 2.45. The highest BCUT2D eigenvalue weighted by molar-refractivity contribution is 6.01. The molecule has 2 aromatic rings. The molecular formula is C19H20FNO4. The maximum atomic E-state index is 12.9. The standard InChI is InChI=1S/C15H12FNO2.C4H8O2/c16-11-3-5-12(6-4-11)17-14(9-15(17)19)10-1-7-13(18)8-2-10;1-3-4(5)6-2/h1-8,14,18H,9H2;3H2,1-2H3. The molecular weight excluding hydrogens is 325 g/mol. The molecule has 0 aromatic heterocycles. The third-order valence-corrected chi connectivity index (χ3v) is 3.85. The van der Waals surface area contributed by atoms with Crippen LogP contribution in [-0.2, 0) is 14.3 Å². The van der Waals surface area contributed by atoms with E-state index in [0.717, 1.165) is 5.56 Å². The molecule has 0 radical (unpaired) electrons. The van der Waals surface area contributed by atoms with E-state index in [1.807, 2.05) is 0 Å². The van der Waals surface area contributed by atoms with Crippen LogP contribution in [0.2, 0.25) is 0 Å². The molecule has 1 heterocycles. The molecule has 1 unspecified atom stereocenters. The molecule has 1 N–H and O–H groups in total. The summed E-state index contributed by atoms with van der Waals surface area (Å²) in [6.07, 6.45) is 0.901. The Kier molecular flexibility index (Phi) is 6.11. The SMILES string of the molecule is CCC(=O)OC.O=C1CC(c2ccc(O)cc2)N1c1ccc(F)cc1. The van der Waals surface area contributed by atoms with Crippen LogP contribution < -0.4 is 4.90 Å². The number of benzene rings is 2. The second kappa shape index (κ2) is 8.28. The maximum absolute atomic E-state index is 12.9. The zero-order valence-corrected chi connectivity index (χ0v) is 14.1. The summed E-state index contributed by atoms with van der Waals surface area (Å²) >= 11 is 0. The Labute approximate surface area is 145 Å². The van der Waals surface area contributed by atoms with Gasteiger partial charge in [0.2, 0.25) is 5.91 Å². The van der Waals surface area contributed by atoms with Gasteiger partial charge in [0, 0.05) is 12.1 Å². The molecule has 0 spiro atoms. The molecule has 132 valence electrons. The second-order valence-electron chi connectivity index (χ2n) is 5.48. The van der Waals surface area contributed by atoms with E-state index in [0.29, 0.717) is 18.5 Å². The van der Waals surface area contributed by atoms with Gasteiger partial charge in [-0.25, -0.2) is 4.39 Å². The minimum absolute atomic E-state index is 0.0182. The Hall–Kier alpha value is -2.89. The fourth-order valence-electron chi connectivity index (χ4n) is 2.45. The number of ether oxygens (including phenoxy) is 1. The number of halogens is 1. The van der Waals surface area contributed by atoms with E-state index in [1.54, 1.807) is 48.2 Å². The molecule has 0 saturated carbocycles. The van der Waals surface area contributed by atoms with Gasteiger partial charge in [0.25, 0.3) is 0 Å². The Morgan fingerprint density at radius 1 is 1.20 bits per heavy atom. The molecule has 5 nitrogen and oxygen atoms in total. The number of phenolic OH excluding ortho intramolecular Hbond substituents is 1. The molecule has 0 aliphatic carbocycles. The van der Waals surface area contributed by atoms with Crippen LogP contribution in [0, 0.1) is 5.82 Å². The van der Waals surface area contributed by atoms with E-state index in [9.17, 15) is 19.1 Å². The number of carbonyl (C=O) groups is 2. The topological polar surface area (TPSA) is 66.8 Å². The number of esters is 1. The molecule has 1 fully saturated rings. The first kappa shape index (κ1) is 18.4. The van der Waals surface area contributed by atoms with E-state index in [2.05, 4.69) is 4.74 Å². The number of rotatable bonds is 3. The van der Waals surface area contributed by atoms with Crippen molar-refractivity contribution >= 4 is 17.6 Å². The van der Waals surface area contributed by atoms with Crippen LogP contribution in [0.1, 0.15) is 31.4 Å². The number of anilines is 1. The van der Waals surface area contributed by atoms with Crippen molar-refractivity contribution in [1.82, 2.24) is 0 Å². The van der Waals surface area contributed by atoms with Crippen LogP contribution in [0.5, 0.6) is 5.75 Å². The monoisotopic (exact) mass is 345 g/mol. The van der Waals surface area contributed by atoms with Gasteiger partial charge < -0.3 is 14.7 Å². The first-order valence-electron chi connectivity index (χ1n) is 7.89. The highest BCUT2D eigenvalue weighted by Crippen LogP contribution is 2.39. The van der Waals surface area contributed by atoms with Crippen molar-refractivity contribution in [3.63, 3.8) is 0 Å². The molecule has 1 saturated heterocycles. The van der Waals surface area contributed by atoms with Crippen LogP contribution in [-0.4, -0.2) is 24.1 Å². The molecule has 1 aliphatic rings. The number of aromatic hydroxyl groups is 1. The van der Waals surface area contributed by atoms with Crippen LogP contribution in [0.4, 0.5) is 10.1 Å². The van der Waals surface area contributed by atoms with Gasteiger partial charge in [0.05, 0.1) is 19.6 Å². The minimum Gasteiger partial charge on any atom is -0.508 e. The zero-order chi connectivity index (χ0) is 18.4. The minimum atomic E-state index is -0.321. The van der Waals surface area contributed by atoms with Gasteiger partial charge >= 0.3 is 5.97 Å². The highest BCUT2D eigenvalue weighted by atomic mass is 19.1. The van der Waals surface area contributed by atoms with Crippen molar-refractivity contribution in [3.05, 3.63) is 59.9 Å². The lowest BCUT2D eigenvalue weighted by atomic mass is 9.93. The average Bonchev–Trinajstić information content (AvgIpc) is 2.62. The smallest absolute Gasteiger partial charge is 0.305 e. The summed E-state index contributed by atoms with van der Waals surface area (Å²) in [5.74, 6) is -0.264. The molecule has 0 bridgehead atoms. The predicted octanol–water partition coefficient (Wildman–Crippen LogP) is 3.58. The number of hydrogen-bond donors (Lipinski definition) is 1. The van der Waals surface area contributed by atoms with Gasteiger partial charge in [0.15, 0.2) is 0 Å². The first-order chi connectivity index (χ1) is 12.0. The Morgan fingerprint density at radius 2 is 1.80 bits per heavy atom. The van der Waals surface area contributed by atoms with E-state index in [-0.39, 0.29) is 29.5 Å². The van der Waals surface area contributed by atoms with Crippen LogP contribution in [0.15, 0.2) is 48.5 Å². The number of hydrogen-bond acceptors (Lipinski definition) is 4. The summed E-state index contributed by atoms with van der Waals surface area (Å²) in [4.78, 5) is 23.4. The van der Waals surface area contributed by atoms with Crippen LogP contribution >= 0.6 is 0 Å². The third kappa shape index (κ3) is 4.56. The van der Waals surface area contributed by atoms with E-state index in [1.165, 1.54) is 19.2 Å². The summed E-state index contributed by atoms with van der Waals surface area (Å²) in [5, 5.41) is 9.27. The van der Waals surface area contributed by atoms with Gasteiger partial charge in [-0.05, 0) is 42.0 Å². The first-order valence-corrected chi connectivity index (χ1v) is 7.89. The van der Waals surface area contributed by atoms with Gasteiger partial charge in [-0.1, -0.05) is 19.1 Å². The van der Waals surface area contributed by atoms with Crippen LogP contribution in [0.25, 0.3) is 0 Å². The van der Waals surface area contributed by atoms with Crippen molar-refractivity contribution in [2.24, 2.45) is 0 Å². The molecule has 2 aromatic carbocycles. The number of nitrogens with zero attached hydrogens (tertiary/aromatic N) is 1. The summed E-state index contributed by atoms with van der Waals surface area (Å²) in [7, 11) is 1.38. The average molecular weight is 345 g/mol. The quantitative estimate of drug-likeness (QED) is 0.682. The zero-order valence-electron chi connectivity index (χ0n) is 14.1. The summed E-state index contributed by atoms with van der Waals surface area (Å²) in [5.41, 5.74) is 1.65. The lowest BCUT2D eigenvalue weighted by Gasteiger charge is -2.40. The largest absolute Gasteiger partial charge is 0.508 e. The molecule has 25 heavy (non-hydrogen) atoms. The maximum Gasteiger partial charge on any atom is 0.305 e. The predicted molar refractivity (Wildman–Crippen MR) is 91.7 cm³/mol. The van der Waals surface area contributed by atoms with Crippen molar-refractivity contribution < 1.29 is 23.8 Å². The van der Waals surface area contributed by atoms with Gasteiger partial charge in [-0.15, -0.1) is 0 Å². The van der Waals surface area contributed by atoms with Crippen molar-refractivity contribution in [2.45, 2.75) is 25.8 Å². The van der Waals surface area contributed by atoms with E-state index >= 15 is 0 Å². The number of carbonyl (C=O) groups excluding carboxylic acids is 2. The van der Waals surface area contributed by atoms with Crippen LogP contribution in [0.3, 0.4) is 0 Å². The number of β-lactam (4-membered cyclic amide) rings is 1. The van der Waals surface area contributed by atoms with Crippen molar-refractivity contribution in [3.8, 4) is 5.75 Å². The number of phenols is 1. The number of amides is 1. The van der Waals surface area contributed by atoms with E-state index < -0.39 is 0 Å². The lowest BCUT2D eigenvalue weighted by Crippen LogP contribution is -2.46. The van der Waals surface area contributed by atoms with E-state index in [4.69, 9.17) is 0 Å². The second-order valence-corrected chi connectivity index (χ2v) is 5.48. The summed E-state index contributed by atoms with van der Waals surface area (Å²) in [6, 6.07) is 12.6. The third-order valence-electron chi connectivity index (χ3n) is 3.85. The normalized spacial score (nSPS) is 15.7. The van der Waals surface area contributed by atoms with Crippen molar-refractivity contribution in [1.29, 1.82) is 0 Å². The van der Waals surface area contributed by atoms with Gasteiger partial charge in [-0.2, -0.15) is 0 Å². The molecule has 6 heteroatoms. The fraction of sp³-hybridized carbons (Fsp3) is 0.263. The highest BCUT2D eigenvalue weighted by Gasteiger charge is 2.38. The Balaban J connectivity index is 0.000000326. The molecule has 1 amide bonds. The molecule has 3 rings (SSSR count). The lowest BCUT2D eigenvalue weighted by molar-refractivity contribution is -0.140. The van der Waals surface area contributed by atoms with Crippen molar-refractivity contribution in [2.75, 3.05) is 12.0 Å².